The molecule has 0 atom stereocenters. The summed E-state index contributed by atoms with van der Waals surface area (Å²) in [6, 6.07) is 11.3. The van der Waals surface area contributed by atoms with Gasteiger partial charge in [0.2, 0.25) is 0 Å². The Morgan fingerprint density at radius 3 is 1.91 bits per heavy atom. The zero-order chi connectivity index (χ0) is 16.6. The summed E-state index contributed by atoms with van der Waals surface area (Å²) in [6.45, 7) is 0. The highest BCUT2D eigenvalue weighted by atomic mass is 35.5. The van der Waals surface area contributed by atoms with Crippen molar-refractivity contribution in [3.05, 3.63) is 74.6 Å². The average molecular weight is 387 g/mol. The van der Waals surface area contributed by atoms with Crippen LogP contribution in [0.25, 0.3) is 22.4 Å². The van der Waals surface area contributed by atoms with Crippen molar-refractivity contribution in [2.45, 2.75) is 0 Å². The van der Waals surface area contributed by atoms with Crippen molar-refractivity contribution in [1.29, 1.82) is 0 Å². The SMILES string of the molecule is Fc1cnc(-c2cc(Cl)ccc2Cl)c(-c2cc(Cl)ccc2Cl)c1. The first-order valence-electron chi connectivity index (χ1n) is 6.52. The number of halogens is 5. The van der Waals surface area contributed by atoms with E-state index in [2.05, 4.69) is 4.98 Å². The van der Waals surface area contributed by atoms with Crippen molar-refractivity contribution in [3.63, 3.8) is 0 Å². The van der Waals surface area contributed by atoms with E-state index in [-0.39, 0.29) is 0 Å². The highest BCUT2D eigenvalue weighted by Gasteiger charge is 2.16. The van der Waals surface area contributed by atoms with Gasteiger partial charge in [-0.3, -0.25) is 4.98 Å². The smallest absolute Gasteiger partial charge is 0.142 e. The molecule has 0 aliphatic rings. The van der Waals surface area contributed by atoms with Crippen LogP contribution in [0.2, 0.25) is 20.1 Å². The van der Waals surface area contributed by atoms with Crippen molar-refractivity contribution in [3.8, 4) is 22.4 Å². The maximum atomic E-state index is 13.8. The van der Waals surface area contributed by atoms with E-state index in [1.54, 1.807) is 36.4 Å². The zero-order valence-corrected chi connectivity index (χ0v) is 14.5. The van der Waals surface area contributed by atoms with Gasteiger partial charge < -0.3 is 0 Å². The minimum atomic E-state index is -0.488. The van der Waals surface area contributed by atoms with Crippen LogP contribution in [0.3, 0.4) is 0 Å². The molecule has 1 heterocycles. The lowest BCUT2D eigenvalue weighted by molar-refractivity contribution is 0.622. The van der Waals surface area contributed by atoms with Crippen LogP contribution in [0.1, 0.15) is 0 Å². The lowest BCUT2D eigenvalue weighted by Crippen LogP contribution is -1.93. The molecule has 3 aromatic rings. The van der Waals surface area contributed by atoms with Crippen LogP contribution >= 0.6 is 46.4 Å². The van der Waals surface area contributed by atoms with Gasteiger partial charge in [0.1, 0.15) is 5.82 Å². The quantitative estimate of drug-likeness (QED) is 0.454. The number of benzene rings is 2. The van der Waals surface area contributed by atoms with Crippen LogP contribution < -0.4 is 0 Å². The topological polar surface area (TPSA) is 12.9 Å². The van der Waals surface area contributed by atoms with E-state index < -0.39 is 5.82 Å². The molecule has 0 unspecified atom stereocenters. The van der Waals surface area contributed by atoms with E-state index in [1.807, 2.05) is 0 Å². The van der Waals surface area contributed by atoms with Crippen LogP contribution in [0.5, 0.6) is 0 Å². The molecule has 116 valence electrons. The Bertz CT molecular complexity index is 896. The second-order valence-corrected chi connectivity index (χ2v) is 6.49. The Morgan fingerprint density at radius 1 is 0.696 bits per heavy atom. The number of hydrogen-bond acceptors (Lipinski definition) is 1. The van der Waals surface area contributed by atoms with Crippen molar-refractivity contribution < 1.29 is 4.39 Å². The maximum Gasteiger partial charge on any atom is 0.142 e. The number of aromatic nitrogens is 1. The second-order valence-electron chi connectivity index (χ2n) is 4.80. The van der Waals surface area contributed by atoms with Gasteiger partial charge in [0.25, 0.3) is 0 Å². The van der Waals surface area contributed by atoms with E-state index in [0.717, 1.165) is 6.20 Å². The number of rotatable bonds is 2. The summed E-state index contributed by atoms with van der Waals surface area (Å²) in [6.07, 6.45) is 1.12. The molecule has 0 amide bonds. The second kappa shape index (κ2) is 6.66. The molecule has 0 aliphatic heterocycles. The molecule has 0 bridgehead atoms. The standard InChI is InChI=1S/C17H8Cl4FN/c18-9-1-3-15(20)12(5-9)13-7-11(22)8-23-17(13)14-6-10(19)2-4-16(14)21/h1-8H. The molecular formula is C17H8Cl4FN. The first kappa shape index (κ1) is 16.5. The molecule has 0 spiro atoms. The van der Waals surface area contributed by atoms with Gasteiger partial charge in [-0.25, -0.2) is 4.39 Å². The molecule has 0 saturated carbocycles. The third-order valence-corrected chi connectivity index (χ3v) is 4.39. The fourth-order valence-corrected chi connectivity index (χ4v) is 3.01. The van der Waals surface area contributed by atoms with Crippen molar-refractivity contribution in [1.82, 2.24) is 4.98 Å². The predicted octanol–water partition coefficient (Wildman–Crippen LogP) is 7.17. The predicted molar refractivity (Wildman–Crippen MR) is 95.1 cm³/mol. The van der Waals surface area contributed by atoms with Crippen LogP contribution in [0, 0.1) is 5.82 Å². The molecule has 3 rings (SSSR count). The van der Waals surface area contributed by atoms with E-state index in [0.29, 0.717) is 42.5 Å². The molecule has 6 heteroatoms. The Hall–Kier alpha value is -1.32. The van der Waals surface area contributed by atoms with Gasteiger partial charge >= 0.3 is 0 Å². The third-order valence-electron chi connectivity index (χ3n) is 3.26. The van der Waals surface area contributed by atoms with E-state index in [4.69, 9.17) is 46.4 Å². The summed E-state index contributed by atoms with van der Waals surface area (Å²) < 4.78 is 13.8. The van der Waals surface area contributed by atoms with E-state index >= 15 is 0 Å². The molecule has 1 aromatic heterocycles. The normalized spacial score (nSPS) is 10.8. The van der Waals surface area contributed by atoms with Crippen LogP contribution in [0.4, 0.5) is 4.39 Å². The highest BCUT2D eigenvalue weighted by Crippen LogP contribution is 2.39. The van der Waals surface area contributed by atoms with Gasteiger partial charge in [0.05, 0.1) is 16.9 Å². The summed E-state index contributed by atoms with van der Waals surface area (Å²) in [5.41, 5.74) is 2.12. The van der Waals surface area contributed by atoms with Gasteiger partial charge in [0.15, 0.2) is 0 Å². The Balaban J connectivity index is 2.31. The molecule has 0 radical (unpaired) electrons. The maximum absolute atomic E-state index is 13.8. The van der Waals surface area contributed by atoms with Gasteiger partial charge in [-0.15, -0.1) is 0 Å². The largest absolute Gasteiger partial charge is 0.252 e. The highest BCUT2D eigenvalue weighted by molar-refractivity contribution is 6.36. The molecule has 23 heavy (non-hydrogen) atoms. The Kier molecular flexibility index (Phi) is 4.79. The molecule has 0 saturated heterocycles. The Morgan fingerprint density at radius 2 is 1.26 bits per heavy atom. The molecule has 1 nitrogen and oxygen atoms in total. The summed E-state index contributed by atoms with van der Waals surface area (Å²) in [5.74, 6) is -0.488. The molecule has 0 N–H and O–H groups in total. The summed E-state index contributed by atoms with van der Waals surface area (Å²) in [5, 5.41) is 1.87. The third kappa shape index (κ3) is 3.46. The fraction of sp³-hybridized carbons (Fsp3) is 0. The monoisotopic (exact) mass is 385 g/mol. The number of pyridine rings is 1. The lowest BCUT2D eigenvalue weighted by Gasteiger charge is -2.12. The minimum absolute atomic E-state index is 0.432. The summed E-state index contributed by atoms with van der Waals surface area (Å²) in [4.78, 5) is 4.18. The van der Waals surface area contributed by atoms with E-state index in [9.17, 15) is 4.39 Å². The number of hydrogen-bond donors (Lipinski definition) is 0. The van der Waals surface area contributed by atoms with Crippen molar-refractivity contribution >= 4 is 46.4 Å². The fourth-order valence-electron chi connectivity index (χ4n) is 2.24. The van der Waals surface area contributed by atoms with Crippen LogP contribution in [0.15, 0.2) is 48.7 Å². The first-order chi connectivity index (χ1) is 11.0. The minimum Gasteiger partial charge on any atom is -0.252 e. The Labute approximate surface area is 152 Å². The molecular weight excluding hydrogens is 379 g/mol. The van der Waals surface area contributed by atoms with Gasteiger partial charge in [-0.1, -0.05) is 46.4 Å². The first-order valence-corrected chi connectivity index (χ1v) is 8.03. The van der Waals surface area contributed by atoms with Crippen LogP contribution in [-0.2, 0) is 0 Å². The molecule has 0 fully saturated rings. The lowest BCUT2D eigenvalue weighted by atomic mass is 9.99. The molecule has 0 aliphatic carbocycles. The summed E-state index contributed by atoms with van der Waals surface area (Å²) in [7, 11) is 0. The number of nitrogens with zero attached hydrogens (tertiary/aromatic N) is 1. The van der Waals surface area contributed by atoms with Crippen LogP contribution in [-0.4, -0.2) is 4.98 Å². The van der Waals surface area contributed by atoms with Gasteiger partial charge in [-0.05, 0) is 42.5 Å². The zero-order valence-electron chi connectivity index (χ0n) is 11.5. The van der Waals surface area contributed by atoms with Gasteiger partial charge in [0, 0.05) is 31.8 Å². The average Bonchev–Trinajstić information content (AvgIpc) is 2.52. The van der Waals surface area contributed by atoms with Crippen molar-refractivity contribution in [2.24, 2.45) is 0 Å². The summed E-state index contributed by atoms with van der Waals surface area (Å²) >= 11 is 24.6. The van der Waals surface area contributed by atoms with Gasteiger partial charge in [-0.2, -0.15) is 0 Å². The van der Waals surface area contributed by atoms with E-state index in [1.165, 1.54) is 6.07 Å². The van der Waals surface area contributed by atoms with Crippen molar-refractivity contribution in [2.75, 3.05) is 0 Å². The molecule has 2 aromatic carbocycles.